The van der Waals surface area contributed by atoms with E-state index < -0.39 is 0 Å². The SMILES string of the molecule is CC1CCCN(CCNC(=O)c2cccnc2Oc2cccnc2)C1. The fourth-order valence-electron chi connectivity index (χ4n) is 3.08. The van der Waals surface area contributed by atoms with E-state index in [-0.39, 0.29) is 5.91 Å². The molecular weight excluding hydrogens is 316 g/mol. The summed E-state index contributed by atoms with van der Waals surface area (Å²) in [6, 6.07) is 7.01. The molecular formula is C19H24N4O2. The Morgan fingerprint density at radius 1 is 1.36 bits per heavy atom. The standard InChI is InChI=1S/C19H24N4O2/c1-15-5-4-11-23(14-15)12-10-21-18(24)17-7-3-9-22-19(17)25-16-6-2-8-20-13-16/h2-3,6-9,13,15H,4-5,10-12,14H2,1H3,(H,21,24). The number of rotatable bonds is 6. The first kappa shape index (κ1) is 17.4. The summed E-state index contributed by atoms with van der Waals surface area (Å²) in [4.78, 5) is 23.1. The summed E-state index contributed by atoms with van der Waals surface area (Å²) in [5.41, 5.74) is 0.429. The van der Waals surface area contributed by atoms with Gasteiger partial charge in [-0.15, -0.1) is 0 Å². The van der Waals surface area contributed by atoms with Crippen molar-refractivity contribution in [3.05, 3.63) is 48.4 Å². The molecule has 1 aliphatic rings. The lowest BCUT2D eigenvalue weighted by molar-refractivity contribution is 0.0941. The molecule has 1 N–H and O–H groups in total. The molecule has 6 heteroatoms. The number of aromatic nitrogens is 2. The molecule has 1 aliphatic heterocycles. The van der Waals surface area contributed by atoms with Crippen LogP contribution in [0.3, 0.4) is 0 Å². The number of carbonyl (C=O) groups is 1. The van der Waals surface area contributed by atoms with Crippen LogP contribution in [0.25, 0.3) is 0 Å². The van der Waals surface area contributed by atoms with E-state index in [1.54, 1.807) is 42.9 Å². The van der Waals surface area contributed by atoms with Crippen molar-refractivity contribution in [3.63, 3.8) is 0 Å². The van der Waals surface area contributed by atoms with Gasteiger partial charge in [-0.25, -0.2) is 4.98 Å². The highest BCUT2D eigenvalue weighted by Gasteiger charge is 2.17. The van der Waals surface area contributed by atoms with Gasteiger partial charge in [0, 0.05) is 32.0 Å². The van der Waals surface area contributed by atoms with Gasteiger partial charge >= 0.3 is 0 Å². The molecule has 0 aromatic carbocycles. The largest absolute Gasteiger partial charge is 0.437 e. The molecule has 0 radical (unpaired) electrons. The molecule has 1 atom stereocenters. The topological polar surface area (TPSA) is 67.4 Å². The number of piperidine rings is 1. The summed E-state index contributed by atoms with van der Waals surface area (Å²) in [7, 11) is 0. The van der Waals surface area contributed by atoms with Gasteiger partial charge in [-0.2, -0.15) is 0 Å². The van der Waals surface area contributed by atoms with Crippen LogP contribution in [0.5, 0.6) is 11.6 Å². The molecule has 2 aromatic heterocycles. The molecule has 1 saturated heterocycles. The second-order valence-electron chi connectivity index (χ2n) is 6.45. The minimum atomic E-state index is -0.169. The monoisotopic (exact) mass is 340 g/mol. The summed E-state index contributed by atoms with van der Waals surface area (Å²) in [6.45, 7) is 5.99. The van der Waals surface area contributed by atoms with Crippen LogP contribution in [0, 0.1) is 5.92 Å². The highest BCUT2D eigenvalue weighted by molar-refractivity contribution is 5.96. The third kappa shape index (κ3) is 5.00. The Labute approximate surface area is 148 Å². The van der Waals surface area contributed by atoms with Crippen molar-refractivity contribution < 1.29 is 9.53 Å². The number of amides is 1. The van der Waals surface area contributed by atoms with Crippen molar-refractivity contribution in [3.8, 4) is 11.6 Å². The Morgan fingerprint density at radius 3 is 3.04 bits per heavy atom. The lowest BCUT2D eigenvalue weighted by atomic mass is 10.0. The van der Waals surface area contributed by atoms with Crippen molar-refractivity contribution in [2.24, 2.45) is 5.92 Å². The fraction of sp³-hybridized carbons (Fsp3) is 0.421. The molecule has 1 amide bonds. The van der Waals surface area contributed by atoms with Gasteiger partial charge in [-0.3, -0.25) is 9.78 Å². The zero-order valence-corrected chi connectivity index (χ0v) is 14.5. The van der Waals surface area contributed by atoms with Crippen LogP contribution in [0.1, 0.15) is 30.1 Å². The van der Waals surface area contributed by atoms with Crippen molar-refractivity contribution in [1.82, 2.24) is 20.2 Å². The van der Waals surface area contributed by atoms with Crippen LogP contribution >= 0.6 is 0 Å². The van der Waals surface area contributed by atoms with E-state index in [0.717, 1.165) is 25.6 Å². The molecule has 3 rings (SSSR count). The quantitative estimate of drug-likeness (QED) is 0.876. The molecule has 3 heterocycles. The Hall–Kier alpha value is -2.47. The number of nitrogens with zero attached hydrogens (tertiary/aromatic N) is 3. The molecule has 0 aliphatic carbocycles. The summed E-state index contributed by atoms with van der Waals surface area (Å²) in [5.74, 6) is 1.41. The van der Waals surface area contributed by atoms with E-state index in [2.05, 4.69) is 27.1 Å². The number of carbonyl (C=O) groups excluding carboxylic acids is 1. The van der Waals surface area contributed by atoms with Crippen molar-refractivity contribution >= 4 is 5.91 Å². The predicted molar refractivity (Wildman–Crippen MR) is 95.7 cm³/mol. The molecule has 0 saturated carbocycles. The second kappa shape index (κ2) is 8.58. The van der Waals surface area contributed by atoms with Crippen molar-refractivity contribution in [2.45, 2.75) is 19.8 Å². The van der Waals surface area contributed by atoms with Gasteiger partial charge in [0.15, 0.2) is 0 Å². The molecule has 6 nitrogen and oxygen atoms in total. The fourth-order valence-corrected chi connectivity index (χ4v) is 3.08. The van der Waals surface area contributed by atoms with Gasteiger partial charge in [0.25, 0.3) is 5.91 Å². The van der Waals surface area contributed by atoms with Gasteiger partial charge in [0.1, 0.15) is 11.3 Å². The molecule has 25 heavy (non-hydrogen) atoms. The van der Waals surface area contributed by atoms with Crippen LogP contribution in [0.2, 0.25) is 0 Å². The Bertz CT molecular complexity index is 693. The molecule has 0 bridgehead atoms. The zero-order chi connectivity index (χ0) is 17.5. The van der Waals surface area contributed by atoms with Crippen molar-refractivity contribution in [1.29, 1.82) is 0 Å². The lowest BCUT2D eigenvalue weighted by Crippen LogP contribution is -2.40. The number of hydrogen-bond acceptors (Lipinski definition) is 5. The predicted octanol–water partition coefficient (Wildman–Crippen LogP) is 2.73. The minimum Gasteiger partial charge on any atom is -0.437 e. The minimum absolute atomic E-state index is 0.169. The lowest BCUT2D eigenvalue weighted by Gasteiger charge is -2.30. The van der Waals surface area contributed by atoms with Gasteiger partial charge in [0.2, 0.25) is 5.88 Å². The average Bonchev–Trinajstić information content (AvgIpc) is 2.63. The van der Waals surface area contributed by atoms with E-state index >= 15 is 0 Å². The summed E-state index contributed by atoms with van der Waals surface area (Å²) < 4.78 is 5.70. The number of nitrogens with one attached hydrogen (secondary N) is 1. The van der Waals surface area contributed by atoms with Crippen LogP contribution in [0.15, 0.2) is 42.9 Å². The molecule has 2 aromatic rings. The second-order valence-corrected chi connectivity index (χ2v) is 6.45. The van der Waals surface area contributed by atoms with Crippen LogP contribution in [0.4, 0.5) is 0 Å². The first-order valence-corrected chi connectivity index (χ1v) is 8.76. The third-order valence-electron chi connectivity index (χ3n) is 4.32. The molecule has 132 valence electrons. The number of ether oxygens (including phenoxy) is 1. The zero-order valence-electron chi connectivity index (χ0n) is 14.5. The van der Waals surface area contributed by atoms with E-state index in [0.29, 0.717) is 23.7 Å². The normalized spacial score (nSPS) is 17.9. The summed E-state index contributed by atoms with van der Waals surface area (Å²) in [5, 5.41) is 2.97. The number of hydrogen-bond donors (Lipinski definition) is 1. The highest BCUT2D eigenvalue weighted by Crippen LogP contribution is 2.21. The van der Waals surface area contributed by atoms with Gasteiger partial charge in [0.05, 0.1) is 6.20 Å². The maximum Gasteiger partial charge on any atom is 0.256 e. The molecule has 1 unspecified atom stereocenters. The van der Waals surface area contributed by atoms with Gasteiger partial charge < -0.3 is 15.0 Å². The number of likely N-dealkylation sites (tertiary alicyclic amines) is 1. The van der Waals surface area contributed by atoms with Crippen molar-refractivity contribution in [2.75, 3.05) is 26.2 Å². The number of pyridine rings is 2. The Morgan fingerprint density at radius 2 is 2.24 bits per heavy atom. The average molecular weight is 340 g/mol. The third-order valence-corrected chi connectivity index (χ3v) is 4.32. The van der Waals surface area contributed by atoms with Crippen LogP contribution < -0.4 is 10.1 Å². The van der Waals surface area contributed by atoms with E-state index in [4.69, 9.17) is 4.74 Å². The first-order chi connectivity index (χ1) is 12.2. The molecule has 1 fully saturated rings. The van der Waals surface area contributed by atoms with Gasteiger partial charge in [-0.1, -0.05) is 6.92 Å². The van der Waals surface area contributed by atoms with E-state index in [1.807, 2.05) is 0 Å². The Kier molecular flexibility index (Phi) is 5.95. The smallest absolute Gasteiger partial charge is 0.256 e. The summed E-state index contributed by atoms with van der Waals surface area (Å²) in [6.07, 6.45) is 7.40. The highest BCUT2D eigenvalue weighted by atomic mass is 16.5. The van der Waals surface area contributed by atoms with Crippen LogP contribution in [-0.4, -0.2) is 47.0 Å². The maximum atomic E-state index is 12.5. The Balaban J connectivity index is 1.56. The van der Waals surface area contributed by atoms with E-state index in [1.165, 1.54) is 12.8 Å². The first-order valence-electron chi connectivity index (χ1n) is 8.76. The van der Waals surface area contributed by atoms with Crippen LogP contribution in [-0.2, 0) is 0 Å². The maximum absolute atomic E-state index is 12.5. The molecule has 0 spiro atoms. The summed E-state index contributed by atoms with van der Waals surface area (Å²) >= 11 is 0. The van der Waals surface area contributed by atoms with Gasteiger partial charge in [-0.05, 0) is 49.6 Å². The van der Waals surface area contributed by atoms with E-state index in [9.17, 15) is 4.79 Å².